The number of urea groups is 1. The number of aryl methyl sites for hydroxylation is 2. The van der Waals surface area contributed by atoms with Gasteiger partial charge in [-0.25, -0.2) is 4.79 Å². The van der Waals surface area contributed by atoms with E-state index in [1.165, 1.54) is 0 Å². The quantitative estimate of drug-likeness (QED) is 0.356. The number of carbonyl (C=O) groups is 1. The van der Waals surface area contributed by atoms with Crippen LogP contribution < -0.4 is 14.8 Å². The number of hydrogen-bond acceptors (Lipinski definition) is 5. The summed E-state index contributed by atoms with van der Waals surface area (Å²) in [6.07, 6.45) is 0.885. The fourth-order valence-corrected chi connectivity index (χ4v) is 4.65. The number of methoxy groups -OCH3 is 1. The van der Waals surface area contributed by atoms with Crippen molar-refractivity contribution in [1.29, 1.82) is 0 Å². The molecule has 7 heteroatoms. The van der Waals surface area contributed by atoms with Crippen LogP contribution in [-0.4, -0.2) is 62.3 Å². The first-order valence-electron chi connectivity index (χ1n) is 13.3. The number of para-hydroxylation sites is 1. The highest BCUT2D eigenvalue weighted by Gasteiger charge is 2.18. The van der Waals surface area contributed by atoms with Crippen molar-refractivity contribution in [3.8, 4) is 11.5 Å². The van der Waals surface area contributed by atoms with Crippen molar-refractivity contribution in [1.82, 2.24) is 9.80 Å². The van der Waals surface area contributed by atoms with Crippen LogP contribution in [0.5, 0.6) is 11.5 Å². The summed E-state index contributed by atoms with van der Waals surface area (Å²) in [6.45, 7) is 9.97. The Bertz CT molecular complexity index is 1160. The maximum atomic E-state index is 13.5. The van der Waals surface area contributed by atoms with E-state index >= 15 is 0 Å². The first kappa shape index (κ1) is 27.5. The molecule has 0 aliphatic carbocycles. The van der Waals surface area contributed by atoms with E-state index in [1.807, 2.05) is 85.5 Å². The van der Waals surface area contributed by atoms with Gasteiger partial charge in [0.2, 0.25) is 0 Å². The molecule has 0 unspecified atom stereocenters. The van der Waals surface area contributed by atoms with Crippen molar-refractivity contribution in [3.05, 3.63) is 89.0 Å². The molecule has 7 nitrogen and oxygen atoms in total. The number of rotatable bonds is 11. The lowest BCUT2D eigenvalue weighted by Crippen LogP contribution is -2.40. The van der Waals surface area contributed by atoms with Crippen LogP contribution in [0.1, 0.15) is 28.7 Å². The Labute approximate surface area is 226 Å². The Morgan fingerprint density at radius 3 is 2.39 bits per heavy atom. The van der Waals surface area contributed by atoms with Gasteiger partial charge in [-0.1, -0.05) is 54.6 Å². The van der Waals surface area contributed by atoms with Gasteiger partial charge in [-0.2, -0.15) is 0 Å². The second-order valence-corrected chi connectivity index (χ2v) is 9.69. The number of nitrogens with zero attached hydrogens (tertiary/aromatic N) is 2. The zero-order valence-corrected chi connectivity index (χ0v) is 22.7. The fourth-order valence-electron chi connectivity index (χ4n) is 4.65. The molecule has 0 atom stereocenters. The number of ether oxygens (including phenoxy) is 3. The van der Waals surface area contributed by atoms with Gasteiger partial charge >= 0.3 is 6.03 Å². The zero-order valence-electron chi connectivity index (χ0n) is 22.7. The molecule has 1 saturated heterocycles. The molecule has 1 fully saturated rings. The Balaban J connectivity index is 1.45. The highest BCUT2D eigenvalue weighted by molar-refractivity contribution is 5.91. The molecule has 1 aliphatic rings. The second-order valence-electron chi connectivity index (χ2n) is 9.69. The molecule has 1 aliphatic heterocycles. The zero-order chi connectivity index (χ0) is 26.7. The molecule has 3 aromatic carbocycles. The molecule has 0 spiro atoms. The number of anilines is 1. The number of benzene rings is 3. The Kier molecular flexibility index (Phi) is 10.0. The Hall–Kier alpha value is -3.55. The van der Waals surface area contributed by atoms with Gasteiger partial charge in [0.1, 0.15) is 6.61 Å². The number of carbonyl (C=O) groups excluding carboxylic acids is 1. The van der Waals surface area contributed by atoms with E-state index in [4.69, 9.17) is 14.2 Å². The largest absolute Gasteiger partial charge is 0.493 e. The number of amides is 2. The highest BCUT2D eigenvalue weighted by atomic mass is 16.5. The van der Waals surface area contributed by atoms with E-state index in [9.17, 15) is 4.79 Å². The lowest BCUT2D eigenvalue weighted by molar-refractivity contribution is 0.0365. The third-order valence-corrected chi connectivity index (χ3v) is 6.84. The molecular weight excluding hydrogens is 478 g/mol. The number of hydrogen-bond donors (Lipinski definition) is 1. The summed E-state index contributed by atoms with van der Waals surface area (Å²) < 4.78 is 17.1. The summed E-state index contributed by atoms with van der Waals surface area (Å²) in [7, 11) is 1.64. The topological polar surface area (TPSA) is 63.3 Å². The monoisotopic (exact) mass is 517 g/mol. The number of morpholine rings is 1. The summed E-state index contributed by atoms with van der Waals surface area (Å²) >= 11 is 0. The molecule has 38 heavy (non-hydrogen) atoms. The van der Waals surface area contributed by atoms with Crippen molar-refractivity contribution in [2.24, 2.45) is 0 Å². The van der Waals surface area contributed by atoms with Gasteiger partial charge < -0.3 is 24.4 Å². The van der Waals surface area contributed by atoms with Crippen LogP contribution in [-0.2, 0) is 17.9 Å². The van der Waals surface area contributed by atoms with Crippen LogP contribution in [0.4, 0.5) is 10.5 Å². The van der Waals surface area contributed by atoms with Crippen molar-refractivity contribution < 1.29 is 19.0 Å². The van der Waals surface area contributed by atoms with Gasteiger partial charge in [-0.05, 0) is 54.7 Å². The first-order chi connectivity index (χ1) is 18.5. The van der Waals surface area contributed by atoms with E-state index in [2.05, 4.69) is 10.2 Å². The highest BCUT2D eigenvalue weighted by Crippen LogP contribution is 2.30. The lowest BCUT2D eigenvalue weighted by atomic mass is 10.1. The molecule has 4 rings (SSSR count). The van der Waals surface area contributed by atoms with Crippen molar-refractivity contribution >= 4 is 11.7 Å². The normalized spacial score (nSPS) is 13.7. The summed E-state index contributed by atoms with van der Waals surface area (Å²) in [5.74, 6) is 1.33. The predicted molar refractivity (Wildman–Crippen MR) is 151 cm³/mol. The molecule has 3 aromatic rings. The average molecular weight is 518 g/mol. The maximum Gasteiger partial charge on any atom is 0.322 e. The van der Waals surface area contributed by atoms with Gasteiger partial charge in [-0.15, -0.1) is 0 Å². The van der Waals surface area contributed by atoms with Crippen LogP contribution >= 0.6 is 0 Å². The summed E-state index contributed by atoms with van der Waals surface area (Å²) in [5.41, 5.74) is 5.05. The van der Waals surface area contributed by atoms with E-state index in [0.29, 0.717) is 31.2 Å². The second kappa shape index (κ2) is 13.8. The Morgan fingerprint density at radius 2 is 1.68 bits per heavy atom. The van der Waals surface area contributed by atoms with Crippen molar-refractivity contribution in [3.63, 3.8) is 0 Å². The van der Waals surface area contributed by atoms with Gasteiger partial charge in [0.25, 0.3) is 0 Å². The van der Waals surface area contributed by atoms with Gasteiger partial charge in [0.05, 0.1) is 20.3 Å². The minimum Gasteiger partial charge on any atom is -0.493 e. The molecule has 0 bridgehead atoms. The van der Waals surface area contributed by atoms with E-state index in [0.717, 1.165) is 67.2 Å². The predicted octanol–water partition coefficient (Wildman–Crippen LogP) is 5.65. The van der Waals surface area contributed by atoms with Crippen LogP contribution in [0.3, 0.4) is 0 Å². The molecule has 0 saturated carbocycles. The van der Waals surface area contributed by atoms with Crippen molar-refractivity contribution in [2.75, 3.05) is 51.8 Å². The SMILES string of the molecule is COc1cc(CN(CCCN2CCOCC2)C(=O)Nc2c(C)cccc2C)ccc1OCc1ccccc1. The summed E-state index contributed by atoms with van der Waals surface area (Å²) in [5, 5.41) is 3.16. The third-order valence-electron chi connectivity index (χ3n) is 6.84. The van der Waals surface area contributed by atoms with Crippen LogP contribution in [0.25, 0.3) is 0 Å². The lowest BCUT2D eigenvalue weighted by Gasteiger charge is -2.29. The van der Waals surface area contributed by atoms with Crippen LogP contribution in [0.15, 0.2) is 66.7 Å². The molecule has 202 valence electrons. The smallest absolute Gasteiger partial charge is 0.322 e. The van der Waals surface area contributed by atoms with Gasteiger partial charge in [-0.3, -0.25) is 4.90 Å². The van der Waals surface area contributed by atoms with Gasteiger partial charge in [0.15, 0.2) is 11.5 Å². The molecule has 2 amide bonds. The average Bonchev–Trinajstić information content (AvgIpc) is 2.94. The fraction of sp³-hybridized carbons (Fsp3) is 0.387. The Morgan fingerprint density at radius 1 is 0.947 bits per heavy atom. The molecule has 0 aromatic heterocycles. The minimum absolute atomic E-state index is 0.104. The third kappa shape index (κ3) is 7.73. The van der Waals surface area contributed by atoms with Gasteiger partial charge in [0, 0.05) is 38.4 Å². The first-order valence-corrected chi connectivity index (χ1v) is 13.3. The molecule has 1 N–H and O–H groups in total. The van der Waals surface area contributed by atoms with Crippen LogP contribution in [0.2, 0.25) is 0 Å². The number of nitrogens with one attached hydrogen (secondary N) is 1. The summed E-state index contributed by atoms with van der Waals surface area (Å²) in [6, 6.07) is 21.9. The molecule has 1 heterocycles. The van der Waals surface area contributed by atoms with E-state index in [-0.39, 0.29) is 6.03 Å². The van der Waals surface area contributed by atoms with E-state index < -0.39 is 0 Å². The standard InChI is InChI=1S/C31H39N3O4/c1-24-9-7-10-25(2)30(24)32-31(35)34(16-8-15-33-17-19-37-20-18-33)22-27-13-14-28(29(21-27)36-3)38-23-26-11-5-4-6-12-26/h4-7,9-14,21H,8,15-20,22-23H2,1-3H3,(H,32,35). The van der Waals surface area contributed by atoms with Crippen molar-refractivity contribution in [2.45, 2.75) is 33.4 Å². The maximum absolute atomic E-state index is 13.5. The van der Waals surface area contributed by atoms with Crippen LogP contribution in [0, 0.1) is 13.8 Å². The van der Waals surface area contributed by atoms with E-state index in [1.54, 1.807) is 7.11 Å². The molecule has 0 radical (unpaired) electrons. The minimum atomic E-state index is -0.104. The summed E-state index contributed by atoms with van der Waals surface area (Å²) in [4.78, 5) is 17.8. The molecular formula is C31H39N3O4.